The molecule has 0 spiro atoms. The minimum absolute atomic E-state index is 0.0597. The highest BCUT2D eigenvalue weighted by Crippen LogP contribution is 2.40. The number of aliphatic hydroxyl groups is 10. The molecule has 2 saturated carbocycles. The number of aryl methyl sites for hydroxylation is 2. The summed E-state index contributed by atoms with van der Waals surface area (Å²) in [5.41, 5.74) is 3.74. The Labute approximate surface area is 346 Å². The highest BCUT2D eigenvalue weighted by molar-refractivity contribution is 6.31. The Bertz CT molecular complexity index is 2120. The Kier molecular flexibility index (Phi) is 12.7. The monoisotopic (exact) mass is 818 g/mol. The third-order valence-electron chi connectivity index (χ3n) is 11.0. The van der Waals surface area contributed by atoms with Gasteiger partial charge < -0.3 is 51.1 Å². The average molecular weight is 820 g/mol. The molecule has 0 aliphatic heterocycles. The second-order valence-corrected chi connectivity index (χ2v) is 15.1. The molecule has 4 aromatic rings. The molecule has 12 heteroatoms. The van der Waals surface area contributed by atoms with Crippen molar-refractivity contribution < 1.29 is 59.3 Å². The molecule has 0 bridgehead atoms. The lowest BCUT2D eigenvalue weighted by atomic mass is 9.70. The number of hydrogen-bond acceptors (Lipinski definition) is 10. The van der Waals surface area contributed by atoms with Crippen LogP contribution in [-0.4, -0.2) is 113 Å². The van der Waals surface area contributed by atoms with Crippen LogP contribution in [0.2, 0.25) is 10.0 Å². The predicted molar refractivity (Wildman–Crippen MR) is 215 cm³/mol. The van der Waals surface area contributed by atoms with Crippen LogP contribution in [0.3, 0.4) is 0 Å². The maximum Gasteiger partial charge on any atom is 0.107 e. The highest BCUT2D eigenvalue weighted by Gasteiger charge is 2.50. The Hall–Kier alpha value is -2.94. The number of benzene rings is 4. The van der Waals surface area contributed by atoms with Gasteiger partial charge in [-0.05, 0) is 82.2 Å². The molecule has 0 heterocycles. The molecular formula is C44H54Cl2O10. The van der Waals surface area contributed by atoms with Crippen molar-refractivity contribution in [2.45, 2.75) is 100 Å². The van der Waals surface area contributed by atoms with E-state index in [2.05, 4.69) is 0 Å². The average Bonchev–Trinajstić information content (AvgIpc) is 3.21. The van der Waals surface area contributed by atoms with Crippen LogP contribution in [0.25, 0.3) is 0 Å². The van der Waals surface area contributed by atoms with Gasteiger partial charge in [0, 0.05) is 41.9 Å². The van der Waals surface area contributed by atoms with Crippen LogP contribution in [0.5, 0.6) is 0 Å². The van der Waals surface area contributed by atoms with Gasteiger partial charge in [-0.2, -0.15) is 0 Å². The first kappa shape index (κ1) is 36.2. The zero-order valence-electron chi connectivity index (χ0n) is 36.9. The standard InChI is InChI=1S/2C22H27ClO5/c2*1-2-12-3-5-13(6-4-12)9-15-10-14(7-8-17(15)23)18-19(25)16(11-24)20(26)22(28)21(18)27/h2*3-8,10,16,18-22,24-28H,2,9,11H2,1H3/t2*16-,18+,19-,20+,21-,22-/m00/s1/i2D2,9D2;2D2. The highest BCUT2D eigenvalue weighted by atomic mass is 35.5. The van der Waals surface area contributed by atoms with Gasteiger partial charge in [-0.1, -0.05) is 110 Å². The van der Waals surface area contributed by atoms with Gasteiger partial charge in [0.25, 0.3) is 0 Å². The zero-order valence-corrected chi connectivity index (χ0v) is 32.4. The predicted octanol–water partition coefficient (Wildman–Crippen LogP) is 3.29. The number of aliphatic hydroxyl groups excluding tert-OH is 10. The van der Waals surface area contributed by atoms with Crippen LogP contribution in [0.15, 0.2) is 84.9 Å². The fraction of sp³-hybridized carbons (Fsp3) is 0.455. The van der Waals surface area contributed by atoms with Gasteiger partial charge in [0.15, 0.2) is 0 Å². The Balaban J connectivity index is 0.000000235. The summed E-state index contributed by atoms with van der Waals surface area (Å²) in [5.74, 6) is -4.06. The summed E-state index contributed by atoms with van der Waals surface area (Å²) in [6, 6.07) is 22.4. The summed E-state index contributed by atoms with van der Waals surface area (Å²) in [4.78, 5) is 0. The number of rotatable bonds is 10. The molecule has 2 fully saturated rings. The second kappa shape index (κ2) is 19.7. The first-order valence-corrected chi connectivity index (χ1v) is 19.1. The first-order valence-electron chi connectivity index (χ1n) is 21.3. The van der Waals surface area contributed by atoms with E-state index in [0.29, 0.717) is 33.7 Å². The fourth-order valence-electron chi connectivity index (χ4n) is 7.57. The summed E-state index contributed by atoms with van der Waals surface area (Å²) in [6.07, 6.45) is -16.3. The van der Waals surface area contributed by atoms with Crippen LogP contribution >= 0.6 is 23.2 Å². The molecule has 6 rings (SSSR count). The van der Waals surface area contributed by atoms with Crippen molar-refractivity contribution in [3.63, 3.8) is 0 Å². The quantitative estimate of drug-likeness (QED) is 0.113. The van der Waals surface area contributed by atoms with E-state index in [9.17, 15) is 51.1 Å². The van der Waals surface area contributed by atoms with Crippen LogP contribution in [0.1, 0.15) is 78.4 Å². The van der Waals surface area contributed by atoms with Crippen LogP contribution < -0.4 is 0 Å². The SMILES string of the molecule is [2H]C([2H])(C)c1ccc(C([2H])([2H])c2cc([C@H]3[C@H](O)[C@@H](O)[C@H](O)[C@@H](CO)[C@@H]3O)ccc2Cl)cc1.[2H]C([2H])(C)c1ccc(Cc2cc([C@H]3[C@H](O)[C@@H](O)[C@H](O)[C@@H](CO)[C@@H]3O)ccc2Cl)cc1. The minimum Gasteiger partial charge on any atom is -0.396 e. The maximum absolute atomic E-state index is 10.7. The third-order valence-corrected chi connectivity index (χ3v) is 11.7. The molecule has 0 saturated heterocycles. The third kappa shape index (κ3) is 9.67. The Morgan fingerprint density at radius 3 is 1.25 bits per heavy atom. The molecule has 4 aromatic carbocycles. The van der Waals surface area contributed by atoms with Gasteiger partial charge in [-0.15, -0.1) is 0 Å². The van der Waals surface area contributed by atoms with Crippen molar-refractivity contribution in [1.29, 1.82) is 0 Å². The number of halogens is 2. The van der Waals surface area contributed by atoms with Crippen molar-refractivity contribution in [3.8, 4) is 0 Å². The lowest BCUT2D eigenvalue weighted by molar-refractivity contribution is -0.169. The van der Waals surface area contributed by atoms with Gasteiger partial charge in [0.2, 0.25) is 0 Å². The van der Waals surface area contributed by atoms with Crippen molar-refractivity contribution >= 4 is 23.2 Å². The fourth-order valence-corrected chi connectivity index (χ4v) is 7.91. The molecule has 2 aliphatic rings. The molecule has 0 aromatic heterocycles. The maximum atomic E-state index is 10.7. The van der Waals surface area contributed by atoms with Gasteiger partial charge >= 0.3 is 0 Å². The van der Waals surface area contributed by atoms with E-state index in [1.54, 1.807) is 30.3 Å². The Morgan fingerprint density at radius 1 is 0.464 bits per heavy atom. The van der Waals surface area contributed by atoms with Crippen molar-refractivity contribution in [3.05, 3.63) is 139 Å². The van der Waals surface area contributed by atoms with E-state index >= 15 is 0 Å². The lowest BCUT2D eigenvalue weighted by Gasteiger charge is -2.43. The van der Waals surface area contributed by atoms with E-state index in [1.807, 2.05) is 12.1 Å². The van der Waals surface area contributed by atoms with E-state index in [-0.39, 0.29) is 16.1 Å². The second-order valence-electron chi connectivity index (χ2n) is 14.3. The van der Waals surface area contributed by atoms with E-state index in [0.717, 1.165) is 11.1 Å². The summed E-state index contributed by atoms with van der Waals surface area (Å²) >= 11 is 12.7. The number of hydrogen-bond donors (Lipinski definition) is 10. The zero-order chi connectivity index (χ0) is 46.2. The lowest BCUT2D eigenvalue weighted by Crippen LogP contribution is -2.58. The molecule has 0 unspecified atom stereocenters. The Morgan fingerprint density at radius 2 is 0.839 bits per heavy atom. The topological polar surface area (TPSA) is 202 Å². The molecule has 56 heavy (non-hydrogen) atoms. The largest absolute Gasteiger partial charge is 0.396 e. The molecule has 2 aliphatic carbocycles. The molecule has 0 radical (unpaired) electrons. The van der Waals surface area contributed by atoms with Crippen molar-refractivity contribution in [2.75, 3.05) is 13.2 Å². The summed E-state index contributed by atoms with van der Waals surface area (Å²) in [6.45, 7) is 1.76. The van der Waals surface area contributed by atoms with E-state index < -0.39 is 105 Å². The van der Waals surface area contributed by atoms with Crippen molar-refractivity contribution in [1.82, 2.24) is 0 Å². The normalized spacial score (nSPS) is 32.8. The van der Waals surface area contributed by atoms with Gasteiger partial charge in [-0.3, -0.25) is 0 Å². The molecule has 10 N–H and O–H groups in total. The van der Waals surface area contributed by atoms with Gasteiger partial charge in [0.05, 0.1) is 49.8 Å². The molecule has 10 nitrogen and oxygen atoms in total. The van der Waals surface area contributed by atoms with Crippen LogP contribution in [0, 0.1) is 11.8 Å². The van der Waals surface area contributed by atoms with Crippen LogP contribution in [-0.2, 0) is 25.5 Å². The first-order chi connectivity index (χ1) is 28.8. The molecule has 0 amide bonds. The van der Waals surface area contributed by atoms with E-state index in [1.165, 1.54) is 56.3 Å². The summed E-state index contributed by atoms with van der Waals surface area (Å²) < 4.78 is 48.5. The molecule has 12 atom stereocenters. The van der Waals surface area contributed by atoms with Crippen molar-refractivity contribution in [2.24, 2.45) is 11.8 Å². The van der Waals surface area contributed by atoms with Gasteiger partial charge in [-0.25, -0.2) is 0 Å². The molecular weight excluding hydrogens is 759 g/mol. The van der Waals surface area contributed by atoms with E-state index in [4.69, 9.17) is 31.4 Å². The smallest absolute Gasteiger partial charge is 0.107 e. The summed E-state index contributed by atoms with van der Waals surface area (Å²) in [7, 11) is 0. The molecule has 304 valence electrons. The minimum atomic E-state index is -2.09. The van der Waals surface area contributed by atoms with Gasteiger partial charge in [0.1, 0.15) is 12.2 Å². The van der Waals surface area contributed by atoms with Crippen LogP contribution in [0.4, 0.5) is 0 Å². The summed E-state index contributed by atoms with van der Waals surface area (Å²) in [5, 5.41) is 102.